The summed E-state index contributed by atoms with van der Waals surface area (Å²) in [5.74, 6) is -2.63. The minimum atomic E-state index is -1.41. The Hall–Kier alpha value is -3.54. The van der Waals surface area contributed by atoms with Crippen LogP contribution in [0.1, 0.15) is 52.0 Å². The van der Waals surface area contributed by atoms with Crippen LogP contribution in [-0.2, 0) is 23.7 Å². The highest BCUT2D eigenvalue weighted by molar-refractivity contribution is 5.75. The zero-order valence-electron chi connectivity index (χ0n) is 20.0. The number of carboxylic acid groups (broad SMARTS) is 1. The number of ether oxygens (including phenoxy) is 6. The summed E-state index contributed by atoms with van der Waals surface area (Å²) in [6, 6.07) is 2.57. The number of carbonyl (C=O) groups is 4. The lowest BCUT2D eigenvalue weighted by Gasteiger charge is -2.27. The van der Waals surface area contributed by atoms with E-state index in [2.05, 4.69) is 9.47 Å². The molecule has 34 heavy (non-hydrogen) atoms. The summed E-state index contributed by atoms with van der Waals surface area (Å²) >= 11 is 0. The van der Waals surface area contributed by atoms with Gasteiger partial charge in [0.25, 0.3) is 0 Å². The Labute approximate surface area is 197 Å². The highest BCUT2D eigenvalue weighted by Crippen LogP contribution is 2.35. The first-order valence-electron chi connectivity index (χ1n) is 10.4. The standard InChI is InChI=1S/C22H31NO11/c1-7-22(3,4)34-21(28)31-12(2)10-14(17(23)18(24)25)13-8-9-15(32-19(26)29-5)16(11-13)33-20(27)30-6/h8-9,11-12,14,17H,7,10,23H2,1-6H3,(H,24,25)/t12?,14?,17-/m0/s1. The van der Waals surface area contributed by atoms with E-state index in [0.717, 1.165) is 14.2 Å². The number of benzene rings is 1. The third-order valence-electron chi connectivity index (χ3n) is 4.93. The molecular formula is C22H31NO11. The maximum Gasteiger partial charge on any atom is 0.513 e. The summed E-state index contributed by atoms with van der Waals surface area (Å²) in [7, 11) is 2.17. The number of hydrogen-bond acceptors (Lipinski definition) is 11. The van der Waals surface area contributed by atoms with Gasteiger partial charge in [-0.05, 0) is 51.3 Å². The number of carboxylic acids is 1. The van der Waals surface area contributed by atoms with E-state index in [-0.39, 0.29) is 17.9 Å². The van der Waals surface area contributed by atoms with Crippen molar-refractivity contribution in [1.82, 2.24) is 0 Å². The number of hydrogen-bond donors (Lipinski definition) is 2. The van der Waals surface area contributed by atoms with Gasteiger partial charge in [-0.3, -0.25) is 4.79 Å². The Balaban J connectivity index is 3.23. The molecule has 3 atom stereocenters. The van der Waals surface area contributed by atoms with Gasteiger partial charge in [0.1, 0.15) is 17.7 Å². The maximum atomic E-state index is 12.1. The molecule has 1 aromatic carbocycles. The van der Waals surface area contributed by atoms with E-state index in [1.165, 1.54) is 18.2 Å². The van der Waals surface area contributed by atoms with E-state index in [0.29, 0.717) is 12.0 Å². The number of aliphatic carboxylic acids is 1. The lowest BCUT2D eigenvalue weighted by Crippen LogP contribution is -2.38. The summed E-state index contributed by atoms with van der Waals surface area (Å²) < 4.78 is 29.4. The van der Waals surface area contributed by atoms with Gasteiger partial charge in [-0.1, -0.05) is 13.0 Å². The number of carbonyl (C=O) groups excluding carboxylic acids is 3. The van der Waals surface area contributed by atoms with E-state index in [1.54, 1.807) is 20.8 Å². The molecule has 0 heterocycles. The molecule has 0 spiro atoms. The monoisotopic (exact) mass is 485 g/mol. The molecule has 0 saturated heterocycles. The first-order valence-corrected chi connectivity index (χ1v) is 10.4. The molecule has 0 aliphatic heterocycles. The van der Waals surface area contributed by atoms with Crippen LogP contribution in [0.4, 0.5) is 14.4 Å². The smallest absolute Gasteiger partial charge is 0.480 e. The lowest BCUT2D eigenvalue weighted by atomic mass is 9.87. The number of nitrogens with two attached hydrogens (primary N) is 1. The van der Waals surface area contributed by atoms with Crippen molar-refractivity contribution < 1.29 is 52.7 Å². The minimum absolute atomic E-state index is 0.00993. The average Bonchev–Trinajstić information content (AvgIpc) is 2.77. The topological polar surface area (TPSA) is 170 Å². The predicted octanol–water partition coefficient (Wildman–Crippen LogP) is 3.59. The second-order valence-electron chi connectivity index (χ2n) is 7.92. The molecule has 0 radical (unpaired) electrons. The van der Waals surface area contributed by atoms with Gasteiger partial charge in [0.2, 0.25) is 0 Å². The van der Waals surface area contributed by atoms with E-state index in [4.69, 9.17) is 24.7 Å². The number of rotatable bonds is 10. The first-order chi connectivity index (χ1) is 15.8. The quantitative estimate of drug-likeness (QED) is 0.281. The molecule has 190 valence electrons. The van der Waals surface area contributed by atoms with E-state index in [9.17, 15) is 24.3 Å². The van der Waals surface area contributed by atoms with Gasteiger partial charge in [0.15, 0.2) is 11.5 Å². The second kappa shape index (κ2) is 12.6. The summed E-state index contributed by atoms with van der Waals surface area (Å²) in [6.07, 6.45) is -3.32. The Bertz CT molecular complexity index is 884. The molecule has 0 aliphatic rings. The highest BCUT2D eigenvalue weighted by atomic mass is 16.7. The SMILES string of the molecule is CCC(C)(C)OC(=O)OC(C)CC(c1ccc(OC(=O)OC)c(OC(=O)OC)c1)[C@H](N)C(=O)O. The molecule has 2 unspecified atom stereocenters. The van der Waals surface area contributed by atoms with Crippen LogP contribution in [0.3, 0.4) is 0 Å². The molecule has 3 N–H and O–H groups in total. The van der Waals surface area contributed by atoms with E-state index in [1.807, 2.05) is 6.92 Å². The van der Waals surface area contributed by atoms with Gasteiger partial charge in [0, 0.05) is 5.92 Å². The Kier molecular flexibility index (Phi) is 10.6. The van der Waals surface area contributed by atoms with Crippen LogP contribution >= 0.6 is 0 Å². The Morgan fingerprint density at radius 1 is 1.00 bits per heavy atom. The summed E-state index contributed by atoms with van der Waals surface area (Å²) in [5.41, 5.74) is 5.48. The van der Waals surface area contributed by atoms with Crippen molar-refractivity contribution in [2.45, 2.75) is 64.2 Å². The molecule has 12 heteroatoms. The molecule has 0 aliphatic carbocycles. The van der Waals surface area contributed by atoms with Gasteiger partial charge in [0.05, 0.1) is 14.2 Å². The van der Waals surface area contributed by atoms with Crippen LogP contribution in [0.5, 0.6) is 11.5 Å². The lowest BCUT2D eigenvalue weighted by molar-refractivity contribution is -0.139. The molecule has 0 aromatic heterocycles. The fourth-order valence-corrected chi connectivity index (χ4v) is 2.74. The normalized spacial score (nSPS) is 13.6. The van der Waals surface area contributed by atoms with Crippen molar-refractivity contribution in [1.29, 1.82) is 0 Å². The molecule has 0 fully saturated rings. The van der Waals surface area contributed by atoms with Crippen LogP contribution < -0.4 is 15.2 Å². The third kappa shape index (κ3) is 8.77. The Morgan fingerprint density at radius 2 is 1.56 bits per heavy atom. The highest BCUT2D eigenvalue weighted by Gasteiger charge is 2.31. The van der Waals surface area contributed by atoms with Gasteiger partial charge in [-0.25, -0.2) is 14.4 Å². The zero-order valence-corrected chi connectivity index (χ0v) is 20.0. The second-order valence-corrected chi connectivity index (χ2v) is 7.92. The first kappa shape index (κ1) is 28.5. The Morgan fingerprint density at radius 3 is 2.06 bits per heavy atom. The van der Waals surface area contributed by atoms with E-state index < -0.39 is 48.1 Å². The molecule has 0 saturated carbocycles. The predicted molar refractivity (Wildman–Crippen MR) is 117 cm³/mol. The maximum absolute atomic E-state index is 12.1. The van der Waals surface area contributed by atoms with Crippen molar-refractivity contribution in [3.05, 3.63) is 23.8 Å². The number of methoxy groups -OCH3 is 2. The van der Waals surface area contributed by atoms with Crippen molar-refractivity contribution in [3.63, 3.8) is 0 Å². The van der Waals surface area contributed by atoms with Gasteiger partial charge in [-0.2, -0.15) is 0 Å². The molecule has 1 rings (SSSR count). The van der Waals surface area contributed by atoms with Crippen LogP contribution in [0.15, 0.2) is 18.2 Å². The van der Waals surface area contributed by atoms with E-state index >= 15 is 0 Å². The molecule has 12 nitrogen and oxygen atoms in total. The molecule has 1 aromatic rings. The van der Waals surface area contributed by atoms with Crippen molar-refractivity contribution >= 4 is 24.4 Å². The molecule has 0 amide bonds. The van der Waals surface area contributed by atoms with Crippen molar-refractivity contribution in [2.75, 3.05) is 14.2 Å². The summed E-state index contributed by atoms with van der Waals surface area (Å²) in [6.45, 7) is 6.86. The van der Waals surface area contributed by atoms with Crippen LogP contribution in [-0.4, -0.2) is 61.5 Å². The fraction of sp³-hybridized carbons (Fsp3) is 0.545. The van der Waals surface area contributed by atoms with Gasteiger partial charge in [-0.15, -0.1) is 0 Å². The third-order valence-corrected chi connectivity index (χ3v) is 4.93. The fourth-order valence-electron chi connectivity index (χ4n) is 2.74. The summed E-state index contributed by atoms with van der Waals surface area (Å²) in [5, 5.41) is 9.50. The van der Waals surface area contributed by atoms with Crippen LogP contribution in [0, 0.1) is 0 Å². The van der Waals surface area contributed by atoms with Crippen molar-refractivity contribution in [3.8, 4) is 11.5 Å². The zero-order chi connectivity index (χ0) is 26.1. The molecular weight excluding hydrogens is 454 g/mol. The van der Waals surface area contributed by atoms with Gasteiger partial charge >= 0.3 is 24.4 Å². The molecule has 0 bridgehead atoms. The summed E-state index contributed by atoms with van der Waals surface area (Å²) in [4.78, 5) is 46.9. The van der Waals surface area contributed by atoms with Crippen LogP contribution in [0.2, 0.25) is 0 Å². The minimum Gasteiger partial charge on any atom is -0.480 e. The largest absolute Gasteiger partial charge is 0.513 e. The van der Waals surface area contributed by atoms with Crippen LogP contribution in [0.25, 0.3) is 0 Å². The van der Waals surface area contributed by atoms with Crippen molar-refractivity contribution in [2.24, 2.45) is 5.73 Å². The average molecular weight is 485 g/mol. The van der Waals surface area contributed by atoms with Gasteiger partial charge < -0.3 is 39.3 Å².